The number of hydrogen-bond acceptors (Lipinski definition) is 7. The first-order valence-corrected chi connectivity index (χ1v) is 19.5. The zero-order valence-corrected chi connectivity index (χ0v) is 34.1. The van der Waals surface area contributed by atoms with Crippen LogP contribution >= 0.6 is 11.9 Å². The van der Waals surface area contributed by atoms with E-state index in [-0.39, 0.29) is 0 Å². The van der Waals surface area contributed by atoms with Gasteiger partial charge in [0.2, 0.25) is 0 Å². The number of phenols is 1. The standard InChI is InChI=1S/C24H45N3S.C11H15NO.C2H4O.2C2H6/c1-9-13-23(17-15-20(7)11-3)22(12-4)18-16-21(8)28-27-26-24(14-10-2)25-19(5)6;1-2-12-7-3-4-9-8-10(13)5-6-11(9)12;1-2-3;2*1-2/h10,12,14,16,18-21,23,25-27H,2,9,11,13,15,17H2,1,3-8H3;5-6,8,13H,2-4,7H2,1H3;2H,1H3;2*1-2H3/b18-16-,22-12+,24-14+;;;;. The second kappa shape index (κ2) is 34.2. The third-order valence-corrected chi connectivity index (χ3v) is 8.27. The summed E-state index contributed by atoms with van der Waals surface area (Å²) in [6.45, 7) is 33.1. The van der Waals surface area contributed by atoms with E-state index in [1.165, 1.54) is 62.3 Å². The number of anilines is 1. The Morgan fingerprint density at radius 3 is 2.21 bits per heavy atom. The average molecular weight is 689 g/mol. The molecule has 0 saturated carbocycles. The highest BCUT2D eigenvalue weighted by atomic mass is 32.2. The Bertz CT molecular complexity index is 1010. The Morgan fingerprint density at radius 2 is 1.69 bits per heavy atom. The van der Waals surface area contributed by atoms with E-state index in [0.717, 1.165) is 37.5 Å². The van der Waals surface area contributed by atoms with Crippen LogP contribution in [0.2, 0.25) is 0 Å². The number of hydrogen-bond donors (Lipinski definition) is 4. The number of allylic oxidation sites excluding steroid dienone is 5. The van der Waals surface area contributed by atoms with Gasteiger partial charge in [-0.05, 0) is 114 Å². The van der Waals surface area contributed by atoms with E-state index in [2.05, 4.69) is 101 Å². The van der Waals surface area contributed by atoms with Crippen molar-refractivity contribution < 1.29 is 9.90 Å². The Labute approximate surface area is 302 Å². The molecule has 0 spiro atoms. The molecule has 7 heteroatoms. The van der Waals surface area contributed by atoms with Gasteiger partial charge in [0.1, 0.15) is 17.9 Å². The molecule has 4 N–H and O–H groups in total. The number of aromatic hydroxyl groups is 1. The summed E-state index contributed by atoms with van der Waals surface area (Å²) < 4.78 is 0. The van der Waals surface area contributed by atoms with Gasteiger partial charge in [-0.1, -0.05) is 111 Å². The molecule has 0 bridgehead atoms. The summed E-state index contributed by atoms with van der Waals surface area (Å²) in [4.78, 5) is 14.4. The second-order valence-electron chi connectivity index (χ2n) is 11.6. The van der Waals surface area contributed by atoms with Crippen molar-refractivity contribution in [1.29, 1.82) is 0 Å². The van der Waals surface area contributed by atoms with Gasteiger partial charge in [-0.2, -0.15) is 4.83 Å². The van der Waals surface area contributed by atoms with Crippen LogP contribution < -0.4 is 20.5 Å². The molecule has 1 aliphatic rings. The van der Waals surface area contributed by atoms with Crippen LogP contribution in [0.15, 0.2) is 66.6 Å². The molecule has 1 aliphatic heterocycles. The number of benzene rings is 1. The first-order valence-electron chi connectivity index (χ1n) is 18.7. The molecule has 1 aromatic rings. The van der Waals surface area contributed by atoms with Crippen molar-refractivity contribution >= 4 is 23.9 Å². The summed E-state index contributed by atoms with van der Waals surface area (Å²) in [7, 11) is 0. The number of carbonyl (C=O) groups is 1. The fraction of sp³-hybridized carbons (Fsp3) is 0.634. The predicted octanol–water partition coefficient (Wildman–Crippen LogP) is 11.3. The van der Waals surface area contributed by atoms with Crippen LogP contribution in [-0.4, -0.2) is 35.8 Å². The third-order valence-electron chi connectivity index (χ3n) is 7.53. The van der Waals surface area contributed by atoms with E-state index in [0.29, 0.717) is 23.0 Å². The fourth-order valence-corrected chi connectivity index (χ4v) is 5.50. The number of fused-ring (bicyclic) bond motifs is 1. The van der Waals surface area contributed by atoms with Gasteiger partial charge in [-0.25, -0.2) is 0 Å². The molecule has 1 heterocycles. The van der Waals surface area contributed by atoms with Gasteiger partial charge >= 0.3 is 0 Å². The smallest absolute Gasteiger partial charge is 0.116 e. The van der Waals surface area contributed by atoms with Gasteiger partial charge in [0.05, 0.1) is 0 Å². The van der Waals surface area contributed by atoms with Crippen LogP contribution in [0.1, 0.15) is 134 Å². The quantitative estimate of drug-likeness (QED) is 0.0561. The molecule has 2 rings (SSSR count). The van der Waals surface area contributed by atoms with Gasteiger partial charge < -0.3 is 20.1 Å². The summed E-state index contributed by atoms with van der Waals surface area (Å²) in [6.07, 6.45) is 20.1. The number of phenolic OH excluding ortho intramolecular Hbond substituents is 1. The van der Waals surface area contributed by atoms with Crippen LogP contribution in [0.3, 0.4) is 0 Å². The first-order chi connectivity index (χ1) is 23.1. The Kier molecular flexibility index (Phi) is 35.5. The summed E-state index contributed by atoms with van der Waals surface area (Å²) in [6, 6.07) is 6.04. The third kappa shape index (κ3) is 24.5. The van der Waals surface area contributed by atoms with E-state index in [1.807, 2.05) is 45.9 Å². The van der Waals surface area contributed by atoms with E-state index >= 15 is 0 Å². The molecule has 0 amide bonds. The fourth-order valence-electron chi connectivity index (χ4n) is 4.99. The monoisotopic (exact) mass is 689 g/mol. The highest BCUT2D eigenvalue weighted by Crippen LogP contribution is 2.30. The maximum absolute atomic E-state index is 9.33. The molecule has 6 nitrogen and oxygen atoms in total. The van der Waals surface area contributed by atoms with E-state index in [9.17, 15) is 5.11 Å². The average Bonchev–Trinajstić information content (AvgIpc) is 3.09. The van der Waals surface area contributed by atoms with E-state index in [4.69, 9.17) is 4.79 Å². The first kappa shape index (κ1) is 49.7. The van der Waals surface area contributed by atoms with Gasteiger partial charge in [-0.3, -0.25) is 5.43 Å². The Balaban J connectivity index is -0.000000827. The zero-order chi connectivity index (χ0) is 37.3. The number of hydrazine groups is 1. The molecular weight excluding hydrogens is 613 g/mol. The highest BCUT2D eigenvalue weighted by molar-refractivity contribution is 7.98. The van der Waals surface area contributed by atoms with Crippen LogP contribution in [0, 0.1) is 11.8 Å². The van der Waals surface area contributed by atoms with Crippen molar-refractivity contribution in [2.24, 2.45) is 11.8 Å². The SMILES string of the molecule is C=C/C=C(/NNSC(C)/C=C\C(=C/C)C(CCC)CCC(C)CC)NC(C)C.CC.CC.CC=O.CCN1CCCc2cc(O)ccc21. The summed E-state index contributed by atoms with van der Waals surface area (Å²) in [5, 5.41) is 13.0. The van der Waals surface area contributed by atoms with Crippen molar-refractivity contribution in [3.05, 3.63) is 72.1 Å². The Morgan fingerprint density at radius 1 is 1.04 bits per heavy atom. The second-order valence-corrected chi connectivity index (χ2v) is 12.8. The summed E-state index contributed by atoms with van der Waals surface area (Å²) >= 11 is 1.67. The van der Waals surface area contributed by atoms with Crippen molar-refractivity contribution in [1.82, 2.24) is 15.6 Å². The number of aryl methyl sites for hydroxylation is 1. The number of nitrogens with one attached hydrogen (secondary N) is 3. The molecule has 0 saturated heterocycles. The maximum atomic E-state index is 9.33. The largest absolute Gasteiger partial charge is 0.508 e. The predicted molar refractivity (Wildman–Crippen MR) is 219 cm³/mol. The van der Waals surface area contributed by atoms with E-state index in [1.54, 1.807) is 24.1 Å². The minimum absolute atomic E-state index is 0.364. The van der Waals surface area contributed by atoms with Crippen molar-refractivity contribution in [2.75, 3.05) is 18.0 Å². The molecule has 0 aromatic heterocycles. The summed E-state index contributed by atoms with van der Waals surface area (Å²) in [5.41, 5.74) is 7.28. The van der Waals surface area contributed by atoms with Gasteiger partial charge in [0.25, 0.3) is 0 Å². The van der Waals surface area contributed by atoms with Crippen LogP contribution in [0.25, 0.3) is 0 Å². The molecule has 0 radical (unpaired) electrons. The number of rotatable bonds is 17. The minimum Gasteiger partial charge on any atom is -0.508 e. The van der Waals surface area contributed by atoms with Gasteiger partial charge in [-0.15, -0.1) is 0 Å². The van der Waals surface area contributed by atoms with Crippen molar-refractivity contribution in [3.8, 4) is 5.75 Å². The van der Waals surface area contributed by atoms with Gasteiger partial charge in [0, 0.05) is 30.1 Å². The minimum atomic E-state index is 0.364. The van der Waals surface area contributed by atoms with Crippen molar-refractivity contribution in [2.45, 2.75) is 146 Å². The molecular formula is C41H76N4O2S. The molecule has 1 aromatic carbocycles. The molecule has 3 unspecified atom stereocenters. The summed E-state index contributed by atoms with van der Waals surface area (Å²) in [5.74, 6) is 2.82. The maximum Gasteiger partial charge on any atom is 0.116 e. The number of aldehydes is 1. The van der Waals surface area contributed by atoms with Gasteiger partial charge in [0.15, 0.2) is 0 Å². The molecule has 48 heavy (non-hydrogen) atoms. The normalized spacial score (nSPS) is 14.2. The number of nitrogens with zero attached hydrogens (tertiary/aromatic N) is 1. The molecule has 0 fully saturated rings. The van der Waals surface area contributed by atoms with Crippen molar-refractivity contribution in [3.63, 3.8) is 0 Å². The number of carbonyl (C=O) groups excluding carboxylic acids is 1. The lowest BCUT2D eigenvalue weighted by Gasteiger charge is -2.30. The molecule has 278 valence electrons. The van der Waals surface area contributed by atoms with Crippen LogP contribution in [0.5, 0.6) is 5.75 Å². The lowest BCUT2D eigenvalue weighted by atomic mass is 9.86. The lowest BCUT2D eigenvalue weighted by Crippen LogP contribution is -2.37. The lowest BCUT2D eigenvalue weighted by molar-refractivity contribution is -0.106. The van der Waals surface area contributed by atoms with Crippen LogP contribution in [0.4, 0.5) is 5.69 Å². The Hall–Kier alpha value is -2.64. The topological polar surface area (TPSA) is 76.6 Å². The molecule has 3 atom stereocenters. The van der Waals surface area contributed by atoms with Crippen LogP contribution in [-0.2, 0) is 11.2 Å². The highest BCUT2D eigenvalue weighted by Gasteiger charge is 2.15. The zero-order valence-electron chi connectivity index (χ0n) is 33.3. The molecule has 0 aliphatic carbocycles. The van der Waals surface area contributed by atoms with E-state index < -0.39 is 0 Å².